The average molecular weight is 345 g/mol. The first-order valence-electron chi connectivity index (χ1n) is 6.89. The van der Waals surface area contributed by atoms with E-state index in [9.17, 15) is 14.9 Å². The first-order valence-corrected chi connectivity index (χ1v) is 8.01. The van der Waals surface area contributed by atoms with Crippen LogP contribution in [0.5, 0.6) is 0 Å². The van der Waals surface area contributed by atoms with Crippen molar-refractivity contribution in [3.63, 3.8) is 0 Å². The van der Waals surface area contributed by atoms with Crippen LogP contribution in [-0.2, 0) is 6.54 Å². The Morgan fingerprint density at radius 1 is 1.30 bits per heavy atom. The fourth-order valence-corrected chi connectivity index (χ4v) is 3.37. The molecular formula is C14H21BrN2O3. The van der Waals surface area contributed by atoms with Crippen molar-refractivity contribution in [2.24, 2.45) is 5.41 Å². The molecule has 0 aromatic carbocycles. The van der Waals surface area contributed by atoms with Crippen molar-refractivity contribution >= 4 is 21.6 Å². The van der Waals surface area contributed by atoms with Gasteiger partial charge < -0.3 is 4.57 Å². The second-order valence-electron chi connectivity index (χ2n) is 5.24. The minimum absolute atomic E-state index is 0.0252. The molecule has 112 valence electrons. The van der Waals surface area contributed by atoms with E-state index in [1.807, 2.05) is 0 Å². The Bertz CT molecular complexity index is 507. The Labute approximate surface area is 127 Å². The highest BCUT2D eigenvalue weighted by Crippen LogP contribution is 2.33. The van der Waals surface area contributed by atoms with Crippen LogP contribution in [0.2, 0.25) is 0 Å². The summed E-state index contributed by atoms with van der Waals surface area (Å²) in [5.74, 6) is 0. The van der Waals surface area contributed by atoms with E-state index in [-0.39, 0.29) is 16.7 Å². The Balaban J connectivity index is 3.12. The van der Waals surface area contributed by atoms with E-state index in [1.54, 1.807) is 0 Å². The molecule has 0 amide bonds. The first-order chi connectivity index (χ1) is 9.48. The number of hydrogen-bond acceptors (Lipinski definition) is 3. The summed E-state index contributed by atoms with van der Waals surface area (Å²) in [6.07, 6.45) is 5.37. The van der Waals surface area contributed by atoms with Crippen molar-refractivity contribution in [2.75, 3.05) is 5.33 Å². The van der Waals surface area contributed by atoms with E-state index < -0.39 is 4.92 Å². The van der Waals surface area contributed by atoms with E-state index in [0.29, 0.717) is 6.54 Å². The van der Waals surface area contributed by atoms with E-state index in [2.05, 4.69) is 29.8 Å². The average Bonchev–Trinajstić information content (AvgIpc) is 2.41. The smallest absolute Gasteiger partial charge is 0.285 e. The van der Waals surface area contributed by atoms with Crippen molar-refractivity contribution in [1.29, 1.82) is 0 Å². The van der Waals surface area contributed by atoms with Crippen LogP contribution in [0.3, 0.4) is 0 Å². The highest BCUT2D eigenvalue weighted by atomic mass is 79.9. The molecular weight excluding hydrogens is 324 g/mol. The van der Waals surface area contributed by atoms with Crippen molar-refractivity contribution in [1.82, 2.24) is 4.57 Å². The summed E-state index contributed by atoms with van der Waals surface area (Å²) >= 11 is 3.56. The molecule has 0 aliphatic rings. The highest BCUT2D eigenvalue weighted by Gasteiger charge is 2.28. The van der Waals surface area contributed by atoms with Gasteiger partial charge in [0.15, 0.2) is 0 Å². The fourth-order valence-electron chi connectivity index (χ4n) is 2.63. The molecule has 1 heterocycles. The molecule has 0 unspecified atom stereocenters. The summed E-state index contributed by atoms with van der Waals surface area (Å²) < 4.78 is 1.48. The lowest BCUT2D eigenvalue weighted by Gasteiger charge is -2.32. The fraction of sp³-hybridized carbons (Fsp3) is 0.643. The van der Waals surface area contributed by atoms with Crippen LogP contribution in [0.25, 0.3) is 0 Å². The number of alkyl halides is 1. The summed E-state index contributed by atoms with van der Waals surface area (Å²) in [5.41, 5.74) is -0.253. The molecule has 0 aliphatic carbocycles. The Morgan fingerprint density at radius 2 is 1.90 bits per heavy atom. The number of hydrogen-bond donors (Lipinski definition) is 0. The van der Waals surface area contributed by atoms with Crippen LogP contribution in [0.1, 0.15) is 39.5 Å². The van der Waals surface area contributed by atoms with Crippen LogP contribution < -0.4 is 5.56 Å². The van der Waals surface area contributed by atoms with E-state index in [1.165, 1.54) is 22.9 Å². The van der Waals surface area contributed by atoms with Gasteiger partial charge in [-0.15, -0.1) is 0 Å². The summed E-state index contributed by atoms with van der Waals surface area (Å²) in [7, 11) is 0. The van der Waals surface area contributed by atoms with Gasteiger partial charge in [-0.1, -0.05) is 42.6 Å². The monoisotopic (exact) mass is 344 g/mol. The van der Waals surface area contributed by atoms with Gasteiger partial charge in [0.2, 0.25) is 0 Å². The number of rotatable bonds is 8. The molecule has 1 rings (SSSR count). The lowest BCUT2D eigenvalue weighted by Crippen LogP contribution is -2.33. The van der Waals surface area contributed by atoms with Crippen LogP contribution in [-0.4, -0.2) is 14.8 Å². The third-order valence-corrected chi connectivity index (χ3v) is 4.72. The van der Waals surface area contributed by atoms with E-state index >= 15 is 0 Å². The predicted molar refractivity (Wildman–Crippen MR) is 83.4 cm³/mol. The molecule has 5 nitrogen and oxygen atoms in total. The lowest BCUT2D eigenvalue weighted by molar-refractivity contribution is -0.385. The largest absolute Gasteiger partial charge is 0.308 e. The van der Waals surface area contributed by atoms with Crippen molar-refractivity contribution in [3.05, 3.63) is 38.8 Å². The lowest BCUT2D eigenvalue weighted by atomic mass is 9.81. The first kappa shape index (κ1) is 16.9. The number of aromatic nitrogens is 1. The van der Waals surface area contributed by atoms with Gasteiger partial charge in [-0.3, -0.25) is 14.9 Å². The van der Waals surface area contributed by atoms with E-state index in [0.717, 1.165) is 31.0 Å². The number of nitrogens with zero attached hydrogens (tertiary/aromatic N) is 2. The maximum Gasteiger partial charge on any atom is 0.285 e. The molecule has 20 heavy (non-hydrogen) atoms. The van der Waals surface area contributed by atoms with Gasteiger partial charge in [0.05, 0.1) is 11.1 Å². The predicted octanol–water partition coefficient (Wildman–Crippen LogP) is 3.74. The standard InChI is InChI=1S/C14H21BrN2O3/c1-3-7-14(10-15,8-4-2)11-16-9-12(17(19)20)5-6-13(16)18/h5-6,9H,3-4,7-8,10-11H2,1-2H3. The highest BCUT2D eigenvalue weighted by molar-refractivity contribution is 9.09. The van der Waals surface area contributed by atoms with Gasteiger partial charge in [0, 0.05) is 24.0 Å². The SMILES string of the molecule is CCCC(CBr)(CCC)Cn1cc([N+](=O)[O-])ccc1=O. The van der Waals surface area contributed by atoms with Gasteiger partial charge >= 0.3 is 0 Å². The number of pyridine rings is 1. The van der Waals surface area contributed by atoms with Crippen molar-refractivity contribution in [3.8, 4) is 0 Å². The van der Waals surface area contributed by atoms with E-state index in [4.69, 9.17) is 0 Å². The minimum Gasteiger partial charge on any atom is -0.308 e. The second kappa shape index (κ2) is 7.57. The van der Waals surface area contributed by atoms with Gasteiger partial charge in [-0.25, -0.2) is 0 Å². The third-order valence-electron chi connectivity index (χ3n) is 3.53. The van der Waals surface area contributed by atoms with Gasteiger partial charge in [0.25, 0.3) is 11.2 Å². The summed E-state index contributed by atoms with van der Waals surface area (Å²) in [6, 6.07) is 2.53. The molecule has 0 saturated heterocycles. The van der Waals surface area contributed by atoms with Gasteiger partial charge in [-0.2, -0.15) is 0 Å². The van der Waals surface area contributed by atoms with Crippen LogP contribution in [0.15, 0.2) is 23.1 Å². The quantitative estimate of drug-likeness (QED) is 0.410. The molecule has 0 fully saturated rings. The molecule has 0 bridgehead atoms. The molecule has 0 radical (unpaired) electrons. The van der Waals surface area contributed by atoms with Crippen LogP contribution in [0.4, 0.5) is 5.69 Å². The molecule has 6 heteroatoms. The van der Waals surface area contributed by atoms with Crippen LogP contribution in [0, 0.1) is 15.5 Å². The van der Waals surface area contributed by atoms with Crippen molar-refractivity contribution in [2.45, 2.75) is 46.1 Å². The summed E-state index contributed by atoms with van der Waals surface area (Å²) in [6.45, 7) is 4.74. The van der Waals surface area contributed by atoms with Gasteiger partial charge in [-0.05, 0) is 18.3 Å². The molecule has 0 N–H and O–H groups in total. The number of halogens is 1. The normalized spacial score (nSPS) is 11.6. The minimum atomic E-state index is -0.467. The third kappa shape index (κ3) is 4.16. The molecule has 0 atom stereocenters. The molecule has 0 spiro atoms. The summed E-state index contributed by atoms with van der Waals surface area (Å²) in [4.78, 5) is 22.3. The maximum absolute atomic E-state index is 11.9. The van der Waals surface area contributed by atoms with Gasteiger partial charge in [0.1, 0.15) is 0 Å². The maximum atomic E-state index is 11.9. The zero-order valence-corrected chi connectivity index (χ0v) is 13.6. The Hall–Kier alpha value is -1.17. The topological polar surface area (TPSA) is 65.1 Å². The zero-order chi connectivity index (χ0) is 15.2. The van der Waals surface area contributed by atoms with Crippen LogP contribution >= 0.6 is 15.9 Å². The molecule has 1 aromatic heterocycles. The van der Waals surface area contributed by atoms with Crippen molar-refractivity contribution < 1.29 is 4.92 Å². The second-order valence-corrected chi connectivity index (χ2v) is 5.80. The summed E-state index contributed by atoms with van der Waals surface area (Å²) in [5, 5.41) is 11.6. The Kier molecular flexibility index (Phi) is 6.39. The molecule has 0 saturated carbocycles. The zero-order valence-electron chi connectivity index (χ0n) is 12.0. The molecule has 1 aromatic rings. The number of nitro groups is 1. The Morgan fingerprint density at radius 3 is 2.35 bits per heavy atom. The molecule has 0 aliphatic heterocycles.